The van der Waals surface area contributed by atoms with Gasteiger partial charge in [-0.15, -0.1) is 0 Å². The van der Waals surface area contributed by atoms with Crippen molar-refractivity contribution >= 4 is 21.7 Å². The van der Waals surface area contributed by atoms with Crippen LogP contribution in [0.2, 0.25) is 0 Å². The average molecular weight is 577 g/mol. The molecule has 1 aliphatic carbocycles. The average Bonchev–Trinajstić information content (AvgIpc) is 3.75. The maximum atomic E-state index is 14.4. The van der Waals surface area contributed by atoms with Gasteiger partial charge in [0.15, 0.2) is 0 Å². The van der Waals surface area contributed by atoms with Gasteiger partial charge in [0, 0.05) is 43.8 Å². The number of rotatable bonds is 10. The number of hydrogen-bond acceptors (Lipinski definition) is 6. The van der Waals surface area contributed by atoms with Crippen molar-refractivity contribution < 1.29 is 36.6 Å². The number of likely N-dealkylation sites (tertiary alicyclic amines) is 1. The smallest absolute Gasteiger partial charge is 0.276 e. The zero-order valence-electron chi connectivity index (χ0n) is 22.4. The van der Waals surface area contributed by atoms with Crippen molar-refractivity contribution in [3.8, 4) is 11.5 Å². The number of ether oxygens (including phenoxy) is 1. The van der Waals surface area contributed by atoms with Crippen molar-refractivity contribution in [1.82, 2.24) is 9.80 Å². The molecule has 5 rings (SSSR count). The topological polar surface area (TPSA) is 104 Å². The molecule has 2 heterocycles. The summed E-state index contributed by atoms with van der Waals surface area (Å²) < 4.78 is 58.3. The van der Waals surface area contributed by atoms with E-state index in [0.29, 0.717) is 56.8 Å². The Morgan fingerprint density at radius 2 is 1.73 bits per heavy atom. The quantitative estimate of drug-likeness (QED) is 0.463. The third-order valence-corrected chi connectivity index (χ3v) is 8.99. The summed E-state index contributed by atoms with van der Waals surface area (Å²) in [6.07, 6.45) is 3.23. The molecule has 2 fully saturated rings. The Morgan fingerprint density at radius 1 is 1.05 bits per heavy atom. The number of carbonyl (C=O) groups is 2. The van der Waals surface area contributed by atoms with E-state index in [2.05, 4.69) is 0 Å². The van der Waals surface area contributed by atoms with Crippen LogP contribution in [-0.4, -0.2) is 73.4 Å². The molecule has 1 saturated carbocycles. The molecular formula is C29H34F2N2O6S. The molecule has 8 nitrogen and oxygen atoms in total. The second-order valence-corrected chi connectivity index (χ2v) is 13.4. The van der Waals surface area contributed by atoms with E-state index in [1.807, 2.05) is 18.2 Å². The van der Waals surface area contributed by atoms with E-state index in [0.717, 1.165) is 17.4 Å². The number of hydrogen-bond donors (Lipinski definition) is 1. The molecule has 0 bridgehead atoms. The second kappa shape index (κ2) is 11.1. The van der Waals surface area contributed by atoms with Crippen molar-refractivity contribution in [2.24, 2.45) is 11.8 Å². The van der Waals surface area contributed by atoms with Crippen LogP contribution >= 0.6 is 0 Å². The monoisotopic (exact) mass is 576 g/mol. The van der Waals surface area contributed by atoms with Crippen LogP contribution in [0.15, 0.2) is 42.5 Å². The van der Waals surface area contributed by atoms with Gasteiger partial charge in [0.25, 0.3) is 5.92 Å². The molecule has 216 valence electrons. The van der Waals surface area contributed by atoms with Gasteiger partial charge in [-0.25, -0.2) is 17.2 Å². The highest BCUT2D eigenvalue weighted by Gasteiger charge is 2.47. The molecule has 2 amide bonds. The standard InChI is InChI=1S/C29H34F2N2O6S/c1-40(37,38)13-11-27(35)33-12-10-20-2-7-24(15-25(20)26(33)14-19-16-32(17-19)28(36)18-34)39-23-8-5-22(6-9-23)29(30,31)21-3-4-21/h2,5-9,15,19,21,26,34H,3-4,10-14,16-18H2,1H3. The van der Waals surface area contributed by atoms with Crippen LogP contribution in [0.4, 0.5) is 8.78 Å². The Balaban J connectivity index is 1.35. The van der Waals surface area contributed by atoms with Gasteiger partial charge in [-0.3, -0.25) is 9.59 Å². The maximum absolute atomic E-state index is 14.4. The Kier molecular flexibility index (Phi) is 7.89. The molecule has 1 saturated heterocycles. The van der Waals surface area contributed by atoms with Crippen molar-refractivity contribution in [1.29, 1.82) is 0 Å². The van der Waals surface area contributed by atoms with Crippen LogP contribution in [0.3, 0.4) is 0 Å². The Labute approximate surface area is 232 Å². The van der Waals surface area contributed by atoms with Crippen molar-refractivity contribution in [2.45, 2.75) is 44.1 Å². The highest BCUT2D eigenvalue weighted by molar-refractivity contribution is 7.90. The Morgan fingerprint density at radius 3 is 2.35 bits per heavy atom. The Bertz CT molecular complexity index is 1370. The van der Waals surface area contributed by atoms with Crippen LogP contribution in [-0.2, 0) is 31.8 Å². The predicted octanol–water partition coefficient (Wildman–Crippen LogP) is 3.68. The largest absolute Gasteiger partial charge is 0.457 e. The van der Waals surface area contributed by atoms with E-state index in [1.54, 1.807) is 9.80 Å². The van der Waals surface area contributed by atoms with Gasteiger partial charge in [-0.1, -0.05) is 6.07 Å². The summed E-state index contributed by atoms with van der Waals surface area (Å²) in [4.78, 5) is 28.3. The number of alkyl halides is 2. The first-order chi connectivity index (χ1) is 18.9. The Hall–Kier alpha value is -3.05. The van der Waals surface area contributed by atoms with Gasteiger partial charge in [0.2, 0.25) is 11.8 Å². The van der Waals surface area contributed by atoms with Gasteiger partial charge in [-0.05, 0) is 79.1 Å². The van der Waals surface area contributed by atoms with E-state index < -0.39 is 28.3 Å². The fourth-order valence-corrected chi connectivity index (χ4v) is 6.15. The summed E-state index contributed by atoms with van der Waals surface area (Å²) in [6.45, 7) is 0.855. The van der Waals surface area contributed by atoms with Crippen LogP contribution in [0.5, 0.6) is 11.5 Å². The van der Waals surface area contributed by atoms with Crippen LogP contribution in [0.1, 0.15) is 48.4 Å². The third-order valence-electron chi connectivity index (χ3n) is 8.05. The molecule has 3 aliphatic rings. The van der Waals surface area contributed by atoms with Crippen LogP contribution in [0, 0.1) is 11.8 Å². The number of aliphatic hydroxyl groups is 1. The number of amides is 2. The first-order valence-corrected chi connectivity index (χ1v) is 15.7. The molecule has 11 heteroatoms. The lowest BCUT2D eigenvalue weighted by Crippen LogP contribution is -2.52. The number of fused-ring (bicyclic) bond motifs is 1. The first-order valence-electron chi connectivity index (χ1n) is 13.6. The minimum absolute atomic E-state index is 0.0228. The lowest BCUT2D eigenvalue weighted by molar-refractivity contribution is -0.142. The van der Waals surface area contributed by atoms with E-state index >= 15 is 0 Å². The number of nitrogens with zero attached hydrogens (tertiary/aromatic N) is 2. The fourth-order valence-electron chi connectivity index (χ4n) is 5.61. The van der Waals surface area contributed by atoms with E-state index in [1.165, 1.54) is 24.3 Å². The summed E-state index contributed by atoms with van der Waals surface area (Å²) in [7, 11) is -3.31. The summed E-state index contributed by atoms with van der Waals surface area (Å²) in [5.74, 6) is -3.22. The maximum Gasteiger partial charge on any atom is 0.276 e. The van der Waals surface area contributed by atoms with Gasteiger partial charge >= 0.3 is 0 Å². The van der Waals surface area contributed by atoms with Gasteiger partial charge < -0.3 is 19.6 Å². The highest BCUT2D eigenvalue weighted by Crippen LogP contribution is 2.50. The summed E-state index contributed by atoms with van der Waals surface area (Å²) in [5, 5.41) is 9.14. The lowest BCUT2D eigenvalue weighted by Gasteiger charge is -2.44. The molecule has 0 aromatic heterocycles. The highest BCUT2D eigenvalue weighted by atomic mass is 32.2. The van der Waals surface area contributed by atoms with E-state index in [9.17, 15) is 26.8 Å². The number of sulfone groups is 1. The second-order valence-electron chi connectivity index (χ2n) is 11.2. The van der Waals surface area contributed by atoms with Crippen LogP contribution in [0.25, 0.3) is 0 Å². The summed E-state index contributed by atoms with van der Waals surface area (Å²) >= 11 is 0. The number of halogens is 2. The van der Waals surface area contributed by atoms with Gasteiger partial charge in [0.05, 0.1) is 11.8 Å². The number of carbonyl (C=O) groups excluding carboxylic acids is 2. The fraction of sp³-hybridized carbons (Fsp3) is 0.517. The first kappa shape index (κ1) is 28.5. The summed E-state index contributed by atoms with van der Waals surface area (Å²) in [6, 6.07) is 11.1. The zero-order chi connectivity index (χ0) is 28.7. The normalized spacial score (nSPS) is 19.6. The molecule has 40 heavy (non-hydrogen) atoms. The van der Waals surface area contributed by atoms with Crippen molar-refractivity contribution in [2.75, 3.05) is 38.2 Å². The molecule has 1 N–H and O–H groups in total. The molecule has 2 aliphatic heterocycles. The zero-order valence-corrected chi connectivity index (χ0v) is 23.2. The molecule has 2 aromatic carbocycles. The third kappa shape index (κ3) is 6.30. The minimum Gasteiger partial charge on any atom is -0.457 e. The minimum atomic E-state index is -3.31. The molecule has 1 atom stereocenters. The summed E-state index contributed by atoms with van der Waals surface area (Å²) in [5.41, 5.74) is 1.91. The van der Waals surface area contributed by atoms with Crippen molar-refractivity contribution in [3.63, 3.8) is 0 Å². The lowest BCUT2D eigenvalue weighted by atomic mass is 9.83. The molecule has 2 aromatic rings. The number of aliphatic hydroxyl groups excluding tert-OH is 1. The number of benzene rings is 2. The molecular weight excluding hydrogens is 542 g/mol. The molecule has 0 spiro atoms. The molecule has 0 radical (unpaired) electrons. The van der Waals surface area contributed by atoms with Crippen molar-refractivity contribution in [3.05, 3.63) is 59.2 Å². The van der Waals surface area contributed by atoms with E-state index in [4.69, 9.17) is 9.84 Å². The van der Waals surface area contributed by atoms with Gasteiger partial charge in [0.1, 0.15) is 27.9 Å². The van der Waals surface area contributed by atoms with Crippen LogP contribution < -0.4 is 4.74 Å². The van der Waals surface area contributed by atoms with Gasteiger partial charge in [-0.2, -0.15) is 0 Å². The predicted molar refractivity (Wildman–Crippen MR) is 144 cm³/mol. The van der Waals surface area contributed by atoms with E-state index in [-0.39, 0.29) is 41.5 Å². The molecule has 1 unspecified atom stereocenters. The SMILES string of the molecule is CS(=O)(=O)CCC(=O)N1CCc2ccc(Oc3ccc(C(F)(F)C4CC4)cc3)cc2C1CC1CN(C(=O)CO)C1.